The number of allylic oxidation sites excluding steroid dienone is 1. The number of anilines is 1. The zero-order valence-corrected chi connectivity index (χ0v) is 11.4. The summed E-state index contributed by atoms with van der Waals surface area (Å²) in [6.07, 6.45) is 4.72. The van der Waals surface area contributed by atoms with Crippen molar-refractivity contribution >= 4 is 15.5 Å². The normalized spacial score (nSPS) is 12.0. The molecule has 1 aromatic carbocycles. The number of benzene rings is 1. The Morgan fingerprint density at radius 3 is 2.72 bits per heavy atom. The minimum atomic E-state index is -3.17. The summed E-state index contributed by atoms with van der Waals surface area (Å²) in [6, 6.07) is 6.75. The van der Waals surface area contributed by atoms with Crippen molar-refractivity contribution in [1.82, 2.24) is 5.32 Å². The topological polar surface area (TPSA) is 58.2 Å². The first-order chi connectivity index (χ1) is 8.47. The van der Waals surface area contributed by atoms with Crippen LogP contribution in [0.4, 0.5) is 5.69 Å². The fraction of sp³-hybridized carbons (Fsp3) is 0.231. The Bertz CT molecular complexity index is 548. The largest absolute Gasteiger partial charge is 0.379 e. The number of hydrogen-bond donors (Lipinski definition) is 2. The van der Waals surface area contributed by atoms with Crippen LogP contribution in [-0.2, 0) is 9.84 Å². The van der Waals surface area contributed by atoms with Crippen molar-refractivity contribution in [2.24, 2.45) is 0 Å². The van der Waals surface area contributed by atoms with Crippen molar-refractivity contribution in [3.05, 3.63) is 48.8 Å². The van der Waals surface area contributed by atoms with E-state index in [1.807, 2.05) is 19.1 Å². The van der Waals surface area contributed by atoms with Crippen LogP contribution in [0.1, 0.15) is 6.92 Å². The van der Waals surface area contributed by atoms with Crippen LogP contribution in [-0.4, -0.2) is 21.2 Å². The third-order valence-corrected chi connectivity index (χ3v) is 3.49. The highest BCUT2D eigenvalue weighted by Gasteiger charge is 2.06. The van der Waals surface area contributed by atoms with Crippen LogP contribution in [0.2, 0.25) is 0 Å². The van der Waals surface area contributed by atoms with Gasteiger partial charge < -0.3 is 10.6 Å². The molecule has 0 aliphatic heterocycles. The molecule has 0 aliphatic carbocycles. The number of nitrogens with one attached hydrogen (secondary N) is 2. The number of hydrogen-bond acceptors (Lipinski definition) is 4. The molecule has 4 nitrogen and oxygen atoms in total. The van der Waals surface area contributed by atoms with E-state index in [0.29, 0.717) is 11.4 Å². The Balaban J connectivity index is 2.77. The molecule has 0 aromatic heterocycles. The van der Waals surface area contributed by atoms with E-state index in [-0.39, 0.29) is 0 Å². The van der Waals surface area contributed by atoms with E-state index in [9.17, 15) is 8.42 Å². The molecule has 0 atom stereocenters. The molecule has 0 radical (unpaired) electrons. The van der Waals surface area contributed by atoms with E-state index in [1.165, 1.54) is 6.26 Å². The van der Waals surface area contributed by atoms with Gasteiger partial charge in [0, 0.05) is 17.6 Å². The molecule has 2 N–H and O–H groups in total. The zero-order chi connectivity index (χ0) is 13.6. The zero-order valence-electron chi connectivity index (χ0n) is 10.6. The monoisotopic (exact) mass is 266 g/mol. The first kappa shape index (κ1) is 14.3. The second kappa shape index (κ2) is 6.26. The highest BCUT2D eigenvalue weighted by Crippen LogP contribution is 2.15. The summed E-state index contributed by atoms with van der Waals surface area (Å²) in [6.45, 7) is 6.09. The van der Waals surface area contributed by atoms with E-state index >= 15 is 0 Å². The van der Waals surface area contributed by atoms with Crippen molar-refractivity contribution in [2.75, 3.05) is 18.1 Å². The van der Waals surface area contributed by atoms with Gasteiger partial charge in [-0.05, 0) is 31.3 Å². The summed E-state index contributed by atoms with van der Waals surface area (Å²) in [5, 5.41) is 6.14. The van der Waals surface area contributed by atoms with Gasteiger partial charge >= 0.3 is 0 Å². The lowest BCUT2D eigenvalue weighted by molar-refractivity contribution is 0.602. The molecular weight excluding hydrogens is 248 g/mol. The molecular formula is C13H18N2O2S. The van der Waals surface area contributed by atoms with Gasteiger partial charge in [0.2, 0.25) is 0 Å². The standard InChI is InChI=1S/C13H18N2O2S/c1-4-11(14-5-2)10-15-12-7-6-8-13(9-12)18(3,16)17/h4-9,14-15H,2,10H2,1,3H3/b11-4-. The Labute approximate surface area is 108 Å². The average molecular weight is 266 g/mol. The lowest BCUT2D eigenvalue weighted by Gasteiger charge is -2.10. The maximum absolute atomic E-state index is 11.4. The second-order valence-corrected chi connectivity index (χ2v) is 5.83. The molecule has 0 aliphatic rings. The third-order valence-electron chi connectivity index (χ3n) is 2.38. The lowest BCUT2D eigenvalue weighted by Crippen LogP contribution is -2.14. The van der Waals surface area contributed by atoms with E-state index in [2.05, 4.69) is 17.2 Å². The molecule has 1 rings (SSSR count). The fourth-order valence-electron chi connectivity index (χ4n) is 1.40. The van der Waals surface area contributed by atoms with Gasteiger partial charge in [-0.25, -0.2) is 8.42 Å². The summed E-state index contributed by atoms with van der Waals surface area (Å²) >= 11 is 0. The van der Waals surface area contributed by atoms with E-state index in [0.717, 1.165) is 11.4 Å². The molecule has 0 bridgehead atoms. The maximum atomic E-state index is 11.4. The van der Waals surface area contributed by atoms with Gasteiger partial charge in [0.1, 0.15) is 0 Å². The molecule has 1 aromatic rings. The Hall–Kier alpha value is -1.75. The van der Waals surface area contributed by atoms with Gasteiger partial charge in [-0.3, -0.25) is 0 Å². The summed E-state index contributed by atoms with van der Waals surface area (Å²) < 4.78 is 22.8. The molecule has 0 unspecified atom stereocenters. The Morgan fingerprint density at radius 2 is 2.17 bits per heavy atom. The van der Waals surface area contributed by atoms with Crippen molar-refractivity contribution in [1.29, 1.82) is 0 Å². The van der Waals surface area contributed by atoms with Gasteiger partial charge in [0.15, 0.2) is 9.84 Å². The van der Waals surface area contributed by atoms with Crippen molar-refractivity contribution in [2.45, 2.75) is 11.8 Å². The molecule has 98 valence electrons. The molecule has 0 saturated heterocycles. The maximum Gasteiger partial charge on any atom is 0.175 e. The highest BCUT2D eigenvalue weighted by molar-refractivity contribution is 7.90. The number of sulfone groups is 1. The van der Waals surface area contributed by atoms with Crippen molar-refractivity contribution < 1.29 is 8.42 Å². The summed E-state index contributed by atoms with van der Waals surface area (Å²) in [5.41, 5.74) is 1.73. The van der Waals surface area contributed by atoms with Crippen LogP contribution < -0.4 is 10.6 Å². The quantitative estimate of drug-likeness (QED) is 0.828. The van der Waals surface area contributed by atoms with E-state index in [1.54, 1.807) is 24.4 Å². The molecule has 5 heteroatoms. The third kappa shape index (κ3) is 4.25. The number of rotatable bonds is 6. The van der Waals surface area contributed by atoms with Crippen LogP contribution in [0.25, 0.3) is 0 Å². The Morgan fingerprint density at radius 1 is 1.44 bits per heavy atom. The van der Waals surface area contributed by atoms with Crippen LogP contribution in [0, 0.1) is 0 Å². The van der Waals surface area contributed by atoms with Gasteiger partial charge in [-0.2, -0.15) is 0 Å². The summed E-state index contributed by atoms with van der Waals surface area (Å²) in [7, 11) is -3.17. The SMILES string of the molecule is C=CN/C(=C\C)CNc1cccc(S(C)(=O)=O)c1. The van der Waals surface area contributed by atoms with Crippen molar-refractivity contribution in [3.8, 4) is 0 Å². The van der Waals surface area contributed by atoms with Crippen LogP contribution in [0.15, 0.2) is 53.7 Å². The van der Waals surface area contributed by atoms with Gasteiger partial charge in [-0.1, -0.05) is 18.7 Å². The minimum Gasteiger partial charge on any atom is -0.379 e. The van der Waals surface area contributed by atoms with E-state index < -0.39 is 9.84 Å². The Kier molecular flexibility index (Phi) is 4.97. The summed E-state index contributed by atoms with van der Waals surface area (Å²) in [4.78, 5) is 0.311. The second-order valence-electron chi connectivity index (χ2n) is 3.82. The molecule has 0 heterocycles. The van der Waals surface area contributed by atoms with E-state index in [4.69, 9.17) is 0 Å². The molecule has 0 amide bonds. The van der Waals surface area contributed by atoms with Gasteiger partial charge in [0.05, 0.1) is 11.4 Å². The lowest BCUT2D eigenvalue weighted by atomic mass is 10.3. The van der Waals surface area contributed by atoms with Crippen molar-refractivity contribution in [3.63, 3.8) is 0 Å². The highest BCUT2D eigenvalue weighted by atomic mass is 32.2. The smallest absolute Gasteiger partial charge is 0.175 e. The van der Waals surface area contributed by atoms with Gasteiger partial charge in [0.25, 0.3) is 0 Å². The van der Waals surface area contributed by atoms with Crippen LogP contribution in [0.5, 0.6) is 0 Å². The van der Waals surface area contributed by atoms with Crippen LogP contribution in [0.3, 0.4) is 0 Å². The predicted molar refractivity (Wildman–Crippen MR) is 75.1 cm³/mol. The van der Waals surface area contributed by atoms with Crippen LogP contribution >= 0.6 is 0 Å². The first-order valence-electron chi connectivity index (χ1n) is 5.54. The average Bonchev–Trinajstić information content (AvgIpc) is 2.34. The minimum absolute atomic E-state index is 0.311. The molecule has 0 saturated carbocycles. The predicted octanol–water partition coefficient (Wildman–Crippen LogP) is 2.14. The first-order valence-corrected chi connectivity index (χ1v) is 7.43. The molecule has 0 fully saturated rings. The van der Waals surface area contributed by atoms with Gasteiger partial charge in [-0.15, -0.1) is 0 Å². The summed E-state index contributed by atoms with van der Waals surface area (Å²) in [5.74, 6) is 0. The molecule has 18 heavy (non-hydrogen) atoms. The molecule has 0 spiro atoms. The fourth-order valence-corrected chi connectivity index (χ4v) is 2.07.